The van der Waals surface area contributed by atoms with Crippen LogP contribution in [0, 0.1) is 6.92 Å². The molecule has 1 amide bonds. The maximum absolute atomic E-state index is 12.2. The highest BCUT2D eigenvalue weighted by Gasteiger charge is 2.22. The van der Waals surface area contributed by atoms with E-state index in [1.165, 1.54) is 0 Å². The number of benzene rings is 1. The molecule has 0 aliphatic heterocycles. The first-order valence-electron chi connectivity index (χ1n) is 9.65. The van der Waals surface area contributed by atoms with Crippen LogP contribution in [0.25, 0.3) is 11.0 Å². The van der Waals surface area contributed by atoms with Crippen molar-refractivity contribution in [2.75, 3.05) is 6.61 Å². The van der Waals surface area contributed by atoms with E-state index in [2.05, 4.69) is 5.32 Å². The third-order valence-electron chi connectivity index (χ3n) is 5.18. The monoisotopic (exact) mass is 387 g/mol. The van der Waals surface area contributed by atoms with Gasteiger partial charge in [-0.15, -0.1) is 0 Å². The average molecular weight is 387 g/mol. The van der Waals surface area contributed by atoms with Gasteiger partial charge < -0.3 is 19.6 Å². The lowest BCUT2D eigenvalue weighted by Crippen LogP contribution is -2.42. The Bertz CT molecular complexity index is 962. The molecule has 0 bridgehead atoms. The van der Waals surface area contributed by atoms with Crippen LogP contribution in [0.2, 0.25) is 0 Å². The van der Waals surface area contributed by atoms with Gasteiger partial charge in [-0.1, -0.05) is 19.8 Å². The average Bonchev–Trinajstić information content (AvgIpc) is 3.16. The molecule has 0 saturated heterocycles. The molecule has 1 aromatic heterocycles. The largest absolute Gasteiger partial charge is 0.483 e. The maximum atomic E-state index is 12.2. The van der Waals surface area contributed by atoms with Gasteiger partial charge in [0.15, 0.2) is 6.61 Å². The Morgan fingerprint density at radius 3 is 2.75 bits per heavy atom. The maximum Gasteiger partial charge on any atom is 0.339 e. The highest BCUT2D eigenvalue weighted by molar-refractivity contribution is 5.87. The highest BCUT2D eigenvalue weighted by Crippen LogP contribution is 2.32. The number of carboxylic acids is 1. The highest BCUT2D eigenvalue weighted by atomic mass is 16.5. The number of aliphatic carboxylic acids is 1. The smallest absolute Gasteiger partial charge is 0.339 e. The van der Waals surface area contributed by atoms with Crippen molar-refractivity contribution in [2.45, 2.75) is 58.4 Å². The van der Waals surface area contributed by atoms with Crippen LogP contribution in [-0.4, -0.2) is 29.6 Å². The molecule has 1 aliphatic rings. The summed E-state index contributed by atoms with van der Waals surface area (Å²) in [6.45, 7) is 3.43. The minimum atomic E-state index is -1.06. The van der Waals surface area contributed by atoms with E-state index in [4.69, 9.17) is 9.15 Å². The van der Waals surface area contributed by atoms with Gasteiger partial charge in [-0.25, -0.2) is 9.59 Å². The molecule has 2 N–H and O–H groups in total. The van der Waals surface area contributed by atoms with E-state index >= 15 is 0 Å². The zero-order valence-corrected chi connectivity index (χ0v) is 16.2. The van der Waals surface area contributed by atoms with Crippen molar-refractivity contribution in [1.29, 1.82) is 0 Å². The minimum absolute atomic E-state index is 0.307. The van der Waals surface area contributed by atoms with E-state index in [0.717, 1.165) is 42.2 Å². The summed E-state index contributed by atoms with van der Waals surface area (Å²) in [6, 6.07) is 2.69. The summed E-state index contributed by atoms with van der Waals surface area (Å²) in [5, 5.41) is 12.6. The second-order valence-corrected chi connectivity index (χ2v) is 7.15. The van der Waals surface area contributed by atoms with Crippen molar-refractivity contribution < 1.29 is 23.8 Å². The minimum Gasteiger partial charge on any atom is -0.483 e. The number of hydrogen-bond donors (Lipinski definition) is 2. The lowest BCUT2D eigenvalue weighted by atomic mass is 10.0. The quantitative estimate of drug-likeness (QED) is 0.675. The summed E-state index contributed by atoms with van der Waals surface area (Å²) in [5.41, 5.74) is 2.62. The summed E-state index contributed by atoms with van der Waals surface area (Å²) in [7, 11) is 0. The van der Waals surface area contributed by atoms with Gasteiger partial charge in [-0.05, 0) is 50.3 Å². The van der Waals surface area contributed by atoms with E-state index in [9.17, 15) is 19.5 Å². The Labute approximate surface area is 162 Å². The number of carbonyl (C=O) groups excluding carboxylic acids is 1. The fourth-order valence-corrected chi connectivity index (χ4v) is 3.66. The predicted octanol–water partition coefficient (Wildman–Crippen LogP) is 2.73. The lowest BCUT2D eigenvalue weighted by Gasteiger charge is -2.15. The molecule has 1 aliphatic carbocycles. The SMILES string of the molecule is CCCCC(NC(=O)COc1ccc2c3c(c(=O)oc2c1C)CCC3)C(=O)O. The van der Waals surface area contributed by atoms with Crippen LogP contribution >= 0.6 is 0 Å². The number of aryl methyl sites for hydroxylation is 2. The summed E-state index contributed by atoms with van der Waals surface area (Å²) < 4.78 is 11.1. The van der Waals surface area contributed by atoms with Crippen LogP contribution in [0.5, 0.6) is 5.75 Å². The molecule has 7 nitrogen and oxygen atoms in total. The molecular weight excluding hydrogens is 362 g/mol. The van der Waals surface area contributed by atoms with Gasteiger partial charge in [0.25, 0.3) is 5.91 Å². The van der Waals surface area contributed by atoms with Gasteiger partial charge in [0.1, 0.15) is 17.4 Å². The van der Waals surface area contributed by atoms with Gasteiger partial charge in [-0.2, -0.15) is 0 Å². The zero-order valence-electron chi connectivity index (χ0n) is 16.2. The van der Waals surface area contributed by atoms with Gasteiger partial charge in [-0.3, -0.25) is 4.79 Å². The first-order chi connectivity index (χ1) is 13.4. The summed E-state index contributed by atoms with van der Waals surface area (Å²) in [4.78, 5) is 35.5. The Morgan fingerprint density at radius 2 is 2.04 bits per heavy atom. The number of rotatable bonds is 8. The Morgan fingerprint density at radius 1 is 1.29 bits per heavy atom. The Hall–Kier alpha value is -2.83. The van der Waals surface area contributed by atoms with Crippen molar-refractivity contribution in [3.63, 3.8) is 0 Å². The number of unbranched alkanes of at least 4 members (excludes halogenated alkanes) is 1. The molecule has 2 aromatic rings. The van der Waals surface area contributed by atoms with E-state index in [1.807, 2.05) is 13.0 Å². The molecule has 28 heavy (non-hydrogen) atoms. The van der Waals surface area contributed by atoms with Crippen molar-refractivity contribution in [3.8, 4) is 5.75 Å². The molecular formula is C21H25NO6. The van der Waals surface area contributed by atoms with Crippen LogP contribution in [0.4, 0.5) is 0 Å². The number of amides is 1. The predicted molar refractivity (Wildman–Crippen MR) is 104 cm³/mol. The summed E-state index contributed by atoms with van der Waals surface area (Å²) in [5.74, 6) is -1.12. The van der Waals surface area contributed by atoms with Crippen molar-refractivity contribution >= 4 is 22.8 Å². The number of nitrogens with one attached hydrogen (secondary N) is 1. The van der Waals surface area contributed by atoms with E-state index in [0.29, 0.717) is 29.7 Å². The molecule has 1 atom stereocenters. The van der Waals surface area contributed by atoms with E-state index in [1.54, 1.807) is 13.0 Å². The van der Waals surface area contributed by atoms with Gasteiger partial charge >= 0.3 is 11.6 Å². The van der Waals surface area contributed by atoms with E-state index < -0.39 is 17.9 Å². The topological polar surface area (TPSA) is 106 Å². The van der Waals surface area contributed by atoms with Gasteiger partial charge in [0.2, 0.25) is 0 Å². The number of fused-ring (bicyclic) bond motifs is 3. The second-order valence-electron chi connectivity index (χ2n) is 7.15. The van der Waals surface area contributed by atoms with Gasteiger partial charge in [0.05, 0.1) is 0 Å². The third kappa shape index (κ3) is 4.03. The molecule has 1 aromatic carbocycles. The molecule has 7 heteroatoms. The number of carboxylic acid groups (broad SMARTS) is 1. The third-order valence-corrected chi connectivity index (χ3v) is 5.18. The molecule has 1 unspecified atom stereocenters. The molecule has 0 fully saturated rings. The van der Waals surface area contributed by atoms with Gasteiger partial charge in [0, 0.05) is 16.5 Å². The fourth-order valence-electron chi connectivity index (χ4n) is 3.66. The summed E-state index contributed by atoms with van der Waals surface area (Å²) >= 11 is 0. The molecule has 150 valence electrons. The van der Waals surface area contributed by atoms with Crippen molar-refractivity contribution in [3.05, 3.63) is 39.2 Å². The zero-order chi connectivity index (χ0) is 20.3. The molecule has 0 spiro atoms. The molecule has 0 saturated carbocycles. The number of carbonyl (C=O) groups is 2. The van der Waals surface area contributed by atoms with Crippen LogP contribution in [0.15, 0.2) is 21.3 Å². The summed E-state index contributed by atoms with van der Waals surface area (Å²) in [6.07, 6.45) is 4.48. The fraction of sp³-hybridized carbons (Fsp3) is 0.476. The standard InChI is InChI=1S/C21H25NO6/c1-3-4-8-16(20(24)25)22-18(23)11-27-17-10-9-14-13-6-5-7-15(13)21(26)28-19(14)12(17)2/h9-10,16H,3-8,11H2,1-2H3,(H,22,23)(H,24,25). The normalized spacial score (nSPS) is 13.9. The number of hydrogen-bond acceptors (Lipinski definition) is 5. The van der Waals surface area contributed by atoms with Crippen LogP contribution in [0.3, 0.4) is 0 Å². The first-order valence-corrected chi connectivity index (χ1v) is 9.65. The number of ether oxygens (including phenoxy) is 1. The van der Waals surface area contributed by atoms with Crippen molar-refractivity contribution in [2.24, 2.45) is 0 Å². The van der Waals surface area contributed by atoms with Crippen LogP contribution in [0.1, 0.15) is 49.3 Å². The Balaban J connectivity index is 1.73. The molecule has 0 radical (unpaired) electrons. The van der Waals surface area contributed by atoms with Crippen molar-refractivity contribution in [1.82, 2.24) is 5.32 Å². The Kier molecular flexibility index (Phi) is 6.02. The molecule has 3 rings (SSSR count). The first kappa shape index (κ1) is 19.9. The second kappa shape index (κ2) is 8.46. The van der Waals surface area contributed by atoms with E-state index in [-0.39, 0.29) is 12.2 Å². The lowest BCUT2D eigenvalue weighted by molar-refractivity contribution is -0.142. The van der Waals surface area contributed by atoms with Crippen LogP contribution in [-0.2, 0) is 22.4 Å². The molecule has 1 heterocycles. The van der Waals surface area contributed by atoms with Crippen LogP contribution < -0.4 is 15.7 Å².